The van der Waals surface area contributed by atoms with Gasteiger partial charge in [0.05, 0.1) is 24.6 Å². The number of amides is 2. The molecule has 0 unspecified atom stereocenters. The summed E-state index contributed by atoms with van der Waals surface area (Å²) >= 11 is 0. The molecule has 3 aromatic rings. The highest BCUT2D eigenvalue weighted by Gasteiger charge is 2.70. The van der Waals surface area contributed by atoms with Crippen LogP contribution in [0.5, 0.6) is 11.5 Å². The predicted molar refractivity (Wildman–Crippen MR) is 129 cm³/mol. The molecular weight excluding hydrogens is 479 g/mol. The van der Waals surface area contributed by atoms with Gasteiger partial charge in [0.25, 0.3) is 0 Å². The maximum atomic E-state index is 15.1. The van der Waals surface area contributed by atoms with Gasteiger partial charge in [0, 0.05) is 17.7 Å². The van der Waals surface area contributed by atoms with Gasteiger partial charge in [-0.15, -0.1) is 0 Å². The summed E-state index contributed by atoms with van der Waals surface area (Å²) in [5.74, 6) is -3.77. The Hall–Kier alpha value is -4.24. The summed E-state index contributed by atoms with van der Waals surface area (Å²) in [5.41, 5.74) is -0.804. The highest BCUT2D eigenvalue weighted by atomic mass is 19.1. The number of ether oxygens (including phenoxy) is 3. The maximum Gasteiger partial charge on any atom is 0.331 e. The molecule has 0 aromatic heterocycles. The number of benzene rings is 3. The molecule has 0 saturated carbocycles. The number of hydrogen-bond donors (Lipinski definition) is 1. The summed E-state index contributed by atoms with van der Waals surface area (Å²) in [4.78, 5) is 42.7. The van der Waals surface area contributed by atoms with Gasteiger partial charge in [-0.2, -0.15) is 0 Å². The van der Waals surface area contributed by atoms with Crippen LogP contribution < -0.4 is 19.7 Å². The number of nitrogens with zero attached hydrogens (tertiary/aromatic N) is 1. The fraction of sp³-hybridized carbons (Fsp3) is 0.250. The first-order valence-electron chi connectivity index (χ1n) is 11.9. The number of fused-ring (bicyclic) bond motifs is 2. The number of anilines is 1. The van der Waals surface area contributed by atoms with Crippen molar-refractivity contribution in [3.8, 4) is 11.5 Å². The van der Waals surface area contributed by atoms with E-state index in [9.17, 15) is 14.4 Å². The molecule has 3 aromatic carbocycles. The Kier molecular flexibility index (Phi) is 5.45. The minimum Gasteiger partial charge on any atom is -0.486 e. The molecule has 8 nitrogen and oxygen atoms in total. The average molecular weight is 502 g/mol. The van der Waals surface area contributed by atoms with Crippen LogP contribution in [0.2, 0.25) is 0 Å². The summed E-state index contributed by atoms with van der Waals surface area (Å²) in [6.45, 7) is 0.731. The van der Waals surface area contributed by atoms with Gasteiger partial charge in [0.1, 0.15) is 19.0 Å². The van der Waals surface area contributed by atoms with Crippen LogP contribution in [0.4, 0.5) is 10.1 Å². The van der Waals surface area contributed by atoms with Crippen LogP contribution in [0.1, 0.15) is 17.2 Å². The maximum absolute atomic E-state index is 15.1. The van der Waals surface area contributed by atoms with Crippen molar-refractivity contribution >= 4 is 23.5 Å². The lowest BCUT2D eigenvalue weighted by atomic mass is 9.75. The standard InChI is InChI=1S/C28H23FN2O6/c1-35-27(34)28(16-7-3-2-4-8-16)23-22(24(30-28)18-9-5-6-10-19(18)29)25(32)31(26(23)33)17-11-12-20-21(15-17)37-14-13-36-20/h2-12,15,22-24,30H,13-14H2,1H3/t22-,23+,24+,28+/m0/s1. The van der Waals surface area contributed by atoms with Gasteiger partial charge < -0.3 is 14.2 Å². The molecule has 9 heteroatoms. The molecule has 0 aliphatic carbocycles. The average Bonchev–Trinajstić information content (AvgIpc) is 3.42. The number of rotatable bonds is 4. The molecule has 6 rings (SSSR count). The van der Waals surface area contributed by atoms with Crippen LogP contribution in [-0.2, 0) is 24.7 Å². The van der Waals surface area contributed by atoms with Crippen molar-refractivity contribution in [3.63, 3.8) is 0 Å². The zero-order valence-electron chi connectivity index (χ0n) is 19.8. The second-order valence-electron chi connectivity index (χ2n) is 9.15. The molecule has 188 valence electrons. The van der Waals surface area contributed by atoms with Gasteiger partial charge in [-0.25, -0.2) is 14.1 Å². The first kappa shape index (κ1) is 23.2. The third-order valence-corrected chi connectivity index (χ3v) is 7.32. The summed E-state index contributed by atoms with van der Waals surface area (Å²) < 4.78 is 31.5. The fourth-order valence-corrected chi connectivity index (χ4v) is 5.76. The second-order valence-corrected chi connectivity index (χ2v) is 9.15. The quantitative estimate of drug-likeness (QED) is 0.433. The predicted octanol–water partition coefficient (Wildman–Crippen LogP) is 3.12. The van der Waals surface area contributed by atoms with E-state index in [4.69, 9.17) is 14.2 Å². The summed E-state index contributed by atoms with van der Waals surface area (Å²) in [6.07, 6.45) is 0. The first-order valence-corrected chi connectivity index (χ1v) is 11.9. The third kappa shape index (κ3) is 3.34. The minimum atomic E-state index is -1.72. The number of halogens is 1. The largest absolute Gasteiger partial charge is 0.486 e. The number of carbonyl (C=O) groups is 3. The van der Waals surface area contributed by atoms with E-state index in [0.717, 1.165) is 4.90 Å². The molecule has 3 aliphatic rings. The second kappa shape index (κ2) is 8.70. The highest BCUT2D eigenvalue weighted by molar-refractivity contribution is 6.24. The van der Waals surface area contributed by atoms with Crippen molar-refractivity contribution < 1.29 is 33.0 Å². The van der Waals surface area contributed by atoms with Gasteiger partial charge >= 0.3 is 5.97 Å². The molecule has 3 aliphatic heterocycles. The van der Waals surface area contributed by atoms with E-state index in [2.05, 4.69) is 5.32 Å². The zero-order chi connectivity index (χ0) is 25.7. The van der Waals surface area contributed by atoms with Crippen LogP contribution in [0, 0.1) is 17.7 Å². The van der Waals surface area contributed by atoms with Gasteiger partial charge in [-0.3, -0.25) is 14.9 Å². The Morgan fingerprint density at radius 3 is 2.41 bits per heavy atom. The Bertz CT molecular complexity index is 1410. The van der Waals surface area contributed by atoms with Crippen molar-refractivity contribution in [2.45, 2.75) is 11.6 Å². The van der Waals surface area contributed by atoms with E-state index in [1.165, 1.54) is 13.2 Å². The summed E-state index contributed by atoms with van der Waals surface area (Å²) in [6, 6.07) is 18.5. The molecule has 0 spiro atoms. The molecule has 3 heterocycles. The number of imide groups is 1. The van der Waals surface area contributed by atoms with E-state index >= 15 is 4.39 Å². The van der Waals surface area contributed by atoms with Gasteiger partial charge in [-0.1, -0.05) is 48.5 Å². The first-order chi connectivity index (χ1) is 18.0. The fourth-order valence-electron chi connectivity index (χ4n) is 5.76. The lowest BCUT2D eigenvalue weighted by molar-refractivity contribution is -0.152. The molecule has 0 radical (unpaired) electrons. The van der Waals surface area contributed by atoms with E-state index in [1.807, 2.05) is 0 Å². The topological polar surface area (TPSA) is 94.2 Å². The van der Waals surface area contributed by atoms with Crippen molar-refractivity contribution in [2.75, 3.05) is 25.2 Å². The summed E-state index contributed by atoms with van der Waals surface area (Å²) in [5, 5.41) is 3.19. The molecule has 4 atom stereocenters. The molecule has 1 N–H and O–H groups in total. The number of esters is 1. The molecule has 2 fully saturated rings. The van der Waals surface area contributed by atoms with Gasteiger partial charge in [0.15, 0.2) is 17.0 Å². The van der Waals surface area contributed by atoms with E-state index < -0.39 is 47.0 Å². The van der Waals surface area contributed by atoms with Crippen molar-refractivity contribution in [1.82, 2.24) is 5.32 Å². The zero-order valence-corrected chi connectivity index (χ0v) is 19.8. The smallest absolute Gasteiger partial charge is 0.331 e. The Morgan fingerprint density at radius 2 is 1.68 bits per heavy atom. The third-order valence-electron chi connectivity index (χ3n) is 7.32. The lowest BCUT2D eigenvalue weighted by Crippen LogP contribution is -2.53. The van der Waals surface area contributed by atoms with Crippen LogP contribution in [0.25, 0.3) is 0 Å². The molecule has 0 bridgehead atoms. The normalized spacial score (nSPS) is 26.2. The van der Waals surface area contributed by atoms with Crippen molar-refractivity contribution in [3.05, 3.63) is 89.7 Å². The molecule has 37 heavy (non-hydrogen) atoms. The number of hydrogen-bond acceptors (Lipinski definition) is 7. The Morgan fingerprint density at radius 1 is 0.973 bits per heavy atom. The molecular formula is C28H23FN2O6. The Labute approximate surface area is 211 Å². The van der Waals surface area contributed by atoms with Crippen LogP contribution in [0.3, 0.4) is 0 Å². The molecule has 2 amide bonds. The van der Waals surface area contributed by atoms with Gasteiger partial charge in [0.2, 0.25) is 11.8 Å². The number of methoxy groups -OCH3 is 1. The minimum absolute atomic E-state index is 0.185. The SMILES string of the molecule is COC(=O)[C@]1(c2ccccc2)N[C@H](c2ccccc2F)[C@H]2C(=O)N(c3ccc4c(c3)OCCO4)C(=O)[C@@H]21. The number of carbonyl (C=O) groups excluding carboxylic acids is 3. The van der Waals surface area contributed by atoms with Crippen molar-refractivity contribution in [2.24, 2.45) is 11.8 Å². The Balaban J connectivity index is 1.54. The number of nitrogens with one attached hydrogen (secondary N) is 1. The van der Waals surface area contributed by atoms with Crippen LogP contribution in [0.15, 0.2) is 72.8 Å². The van der Waals surface area contributed by atoms with Crippen molar-refractivity contribution in [1.29, 1.82) is 0 Å². The highest BCUT2D eigenvalue weighted by Crippen LogP contribution is 2.54. The summed E-state index contributed by atoms with van der Waals surface area (Å²) in [7, 11) is 1.22. The van der Waals surface area contributed by atoms with E-state index in [-0.39, 0.29) is 11.3 Å². The molecule has 2 saturated heterocycles. The lowest BCUT2D eigenvalue weighted by Gasteiger charge is -2.33. The van der Waals surface area contributed by atoms with E-state index in [1.54, 1.807) is 66.7 Å². The van der Waals surface area contributed by atoms with Crippen LogP contribution >= 0.6 is 0 Å². The van der Waals surface area contributed by atoms with Gasteiger partial charge in [-0.05, 0) is 23.8 Å². The monoisotopic (exact) mass is 502 g/mol. The van der Waals surface area contributed by atoms with E-state index in [0.29, 0.717) is 30.3 Å². The van der Waals surface area contributed by atoms with Crippen LogP contribution in [-0.4, -0.2) is 38.1 Å².